The van der Waals surface area contributed by atoms with E-state index in [0.29, 0.717) is 50.2 Å². The Balaban J connectivity index is 1.67. The number of fused-ring (bicyclic) bond motifs is 1. The van der Waals surface area contributed by atoms with Crippen LogP contribution < -0.4 is 33.7 Å². The predicted octanol–water partition coefficient (Wildman–Crippen LogP) is 5.43. The predicted molar refractivity (Wildman–Crippen MR) is 141 cm³/mol. The number of nitrogens with one attached hydrogen (secondary N) is 1. The maximum Gasteiger partial charge on any atom is 0.412 e. The molecule has 1 heterocycles. The van der Waals surface area contributed by atoms with Crippen LogP contribution in [0.3, 0.4) is 0 Å². The lowest BCUT2D eigenvalue weighted by molar-refractivity contribution is 0.0132. The third-order valence-electron chi connectivity index (χ3n) is 5.89. The van der Waals surface area contributed by atoms with Gasteiger partial charge in [0.05, 0.1) is 51.3 Å². The van der Waals surface area contributed by atoms with Gasteiger partial charge in [-0.1, -0.05) is 6.07 Å². The number of hydrogen-bond acceptors (Lipinski definition) is 9. The molecule has 4 rings (SSSR count). The Labute approximate surface area is 227 Å². The van der Waals surface area contributed by atoms with Crippen molar-refractivity contribution in [1.29, 1.82) is 0 Å². The Kier molecular flexibility index (Phi) is 8.16. The van der Waals surface area contributed by atoms with Crippen LogP contribution in [-0.2, 0) is 4.74 Å². The van der Waals surface area contributed by atoms with Gasteiger partial charge in [-0.3, -0.25) is 10.1 Å². The van der Waals surface area contributed by atoms with Crippen LogP contribution in [0.2, 0.25) is 0 Å². The van der Waals surface area contributed by atoms with Crippen LogP contribution >= 0.6 is 15.9 Å². The van der Waals surface area contributed by atoms with Crippen LogP contribution in [0.25, 0.3) is 0 Å². The molecule has 3 aromatic carbocycles. The summed E-state index contributed by atoms with van der Waals surface area (Å²) in [5.74, 6) is 1.99. The molecule has 0 radical (unpaired) electrons. The highest BCUT2D eigenvalue weighted by atomic mass is 79.9. The minimum absolute atomic E-state index is 0.235. The molecule has 0 bridgehead atoms. The second-order valence-corrected chi connectivity index (χ2v) is 8.88. The van der Waals surface area contributed by atoms with E-state index in [1.807, 2.05) is 0 Å². The SMILES string of the molecule is COc1ccc2c(c1)C(=O)C(OC(=O)Nc1cc(OC)c(OC)c(OC)c1)[C@H](c1ccc(OC)c(Br)c1)O2. The van der Waals surface area contributed by atoms with Gasteiger partial charge in [0.1, 0.15) is 17.2 Å². The summed E-state index contributed by atoms with van der Waals surface area (Å²) in [6, 6.07) is 13.2. The average molecular weight is 588 g/mol. The number of ether oxygens (including phenoxy) is 7. The second-order valence-electron chi connectivity index (χ2n) is 8.02. The van der Waals surface area contributed by atoms with Crippen molar-refractivity contribution in [2.24, 2.45) is 0 Å². The Morgan fingerprint density at radius 3 is 2.11 bits per heavy atom. The molecule has 0 saturated carbocycles. The third-order valence-corrected chi connectivity index (χ3v) is 6.51. The zero-order valence-electron chi connectivity index (χ0n) is 21.3. The third kappa shape index (κ3) is 5.28. The summed E-state index contributed by atoms with van der Waals surface area (Å²) in [6.45, 7) is 0. The maximum absolute atomic E-state index is 13.6. The molecular weight excluding hydrogens is 562 g/mol. The maximum atomic E-state index is 13.6. The molecule has 1 amide bonds. The van der Waals surface area contributed by atoms with Crippen LogP contribution in [0.4, 0.5) is 10.5 Å². The molecule has 11 heteroatoms. The molecule has 1 N–H and O–H groups in total. The van der Waals surface area contributed by atoms with Gasteiger partial charge < -0.3 is 33.2 Å². The molecule has 1 aliphatic heterocycles. The summed E-state index contributed by atoms with van der Waals surface area (Å²) >= 11 is 3.46. The first kappa shape index (κ1) is 26.9. The zero-order valence-corrected chi connectivity index (χ0v) is 22.9. The molecule has 0 spiro atoms. The average Bonchev–Trinajstić information content (AvgIpc) is 2.93. The standard InChI is InChI=1S/C27H26BrNO9/c1-32-16-7-9-19-17(13-16)23(30)26(24(37-19)14-6-8-20(33-2)18(28)10-14)38-27(31)29-15-11-21(34-3)25(36-5)22(12-15)35-4/h6-13,24,26H,1-5H3,(H,29,31)/t24-,26?/m0/s1. The molecule has 0 aromatic heterocycles. The van der Waals surface area contributed by atoms with Crippen molar-refractivity contribution in [3.05, 3.63) is 64.1 Å². The molecule has 10 nitrogen and oxygen atoms in total. The van der Waals surface area contributed by atoms with Gasteiger partial charge in [0.2, 0.25) is 17.6 Å². The molecule has 0 aliphatic carbocycles. The van der Waals surface area contributed by atoms with E-state index in [1.165, 1.54) is 28.4 Å². The van der Waals surface area contributed by atoms with Crippen molar-refractivity contribution in [3.63, 3.8) is 0 Å². The number of halogens is 1. The van der Waals surface area contributed by atoms with E-state index in [9.17, 15) is 9.59 Å². The lowest BCUT2D eigenvalue weighted by Crippen LogP contribution is -2.40. The number of carbonyl (C=O) groups excluding carboxylic acids is 2. The second kappa shape index (κ2) is 11.5. The Hall–Kier alpha value is -4.12. The largest absolute Gasteiger partial charge is 0.497 e. The minimum atomic E-state index is -1.31. The number of ketones is 1. The topological polar surface area (TPSA) is 111 Å². The first-order chi connectivity index (χ1) is 18.3. The number of hydrogen-bond donors (Lipinski definition) is 1. The van der Waals surface area contributed by atoms with Crippen molar-refractivity contribution >= 4 is 33.5 Å². The quantitative estimate of drug-likeness (QED) is 0.369. The summed E-state index contributed by atoms with van der Waals surface area (Å²) < 4.78 is 39.1. The van der Waals surface area contributed by atoms with E-state index >= 15 is 0 Å². The zero-order chi connectivity index (χ0) is 27.4. The molecule has 38 heavy (non-hydrogen) atoms. The number of methoxy groups -OCH3 is 5. The van der Waals surface area contributed by atoms with Crippen molar-refractivity contribution in [1.82, 2.24) is 0 Å². The summed E-state index contributed by atoms with van der Waals surface area (Å²) in [4.78, 5) is 26.7. The van der Waals surface area contributed by atoms with Crippen molar-refractivity contribution in [3.8, 4) is 34.5 Å². The number of carbonyl (C=O) groups is 2. The van der Waals surface area contributed by atoms with E-state index in [4.69, 9.17) is 33.2 Å². The van der Waals surface area contributed by atoms with Gasteiger partial charge in [0, 0.05) is 12.1 Å². The van der Waals surface area contributed by atoms with Gasteiger partial charge in [-0.15, -0.1) is 0 Å². The summed E-state index contributed by atoms with van der Waals surface area (Å²) in [6.07, 6.45) is -3.13. The van der Waals surface area contributed by atoms with E-state index in [0.717, 1.165) is 0 Å². The van der Waals surface area contributed by atoms with E-state index in [-0.39, 0.29) is 5.56 Å². The Morgan fingerprint density at radius 2 is 1.53 bits per heavy atom. The van der Waals surface area contributed by atoms with Gasteiger partial charge in [-0.05, 0) is 51.8 Å². The lowest BCUT2D eigenvalue weighted by Gasteiger charge is -2.32. The number of Topliss-reactive ketones (excluding diaryl/α,β-unsaturated/α-hetero) is 1. The lowest BCUT2D eigenvalue weighted by atomic mass is 9.93. The molecule has 2 atom stereocenters. The summed E-state index contributed by atoms with van der Waals surface area (Å²) in [5, 5.41) is 2.62. The minimum Gasteiger partial charge on any atom is -0.497 e. The molecule has 200 valence electrons. The normalized spacial score (nSPS) is 16.0. The molecule has 3 aromatic rings. The van der Waals surface area contributed by atoms with E-state index in [1.54, 1.807) is 55.6 Å². The van der Waals surface area contributed by atoms with Crippen LogP contribution in [0.5, 0.6) is 34.5 Å². The highest BCUT2D eigenvalue weighted by Gasteiger charge is 2.42. The van der Waals surface area contributed by atoms with Crippen LogP contribution in [0, 0.1) is 0 Å². The first-order valence-corrected chi connectivity index (χ1v) is 12.1. The fourth-order valence-corrected chi connectivity index (χ4v) is 4.61. The molecule has 1 aliphatic rings. The van der Waals surface area contributed by atoms with Gasteiger partial charge >= 0.3 is 6.09 Å². The molecule has 0 fully saturated rings. The van der Waals surface area contributed by atoms with Gasteiger partial charge in [-0.2, -0.15) is 0 Å². The highest BCUT2D eigenvalue weighted by molar-refractivity contribution is 9.10. The first-order valence-electron chi connectivity index (χ1n) is 11.3. The fourth-order valence-electron chi connectivity index (χ4n) is 4.05. The van der Waals surface area contributed by atoms with Gasteiger partial charge in [0.25, 0.3) is 0 Å². The number of amides is 1. The number of rotatable bonds is 8. The Bertz CT molecular complexity index is 1340. The van der Waals surface area contributed by atoms with Crippen molar-refractivity contribution in [2.45, 2.75) is 12.2 Å². The molecular formula is C27H26BrNO9. The van der Waals surface area contributed by atoms with Crippen molar-refractivity contribution in [2.75, 3.05) is 40.9 Å². The van der Waals surface area contributed by atoms with Crippen molar-refractivity contribution < 1.29 is 42.7 Å². The van der Waals surface area contributed by atoms with Crippen LogP contribution in [0.15, 0.2) is 53.0 Å². The number of anilines is 1. The van der Waals surface area contributed by atoms with Crippen LogP contribution in [-0.4, -0.2) is 53.5 Å². The van der Waals surface area contributed by atoms with Gasteiger partial charge in [0.15, 0.2) is 17.6 Å². The molecule has 1 unspecified atom stereocenters. The highest BCUT2D eigenvalue weighted by Crippen LogP contribution is 2.42. The van der Waals surface area contributed by atoms with E-state index < -0.39 is 24.1 Å². The van der Waals surface area contributed by atoms with Gasteiger partial charge in [-0.25, -0.2) is 4.79 Å². The Morgan fingerprint density at radius 1 is 0.842 bits per heavy atom. The monoisotopic (exact) mass is 587 g/mol. The summed E-state index contributed by atoms with van der Waals surface area (Å²) in [7, 11) is 7.43. The smallest absolute Gasteiger partial charge is 0.412 e. The van der Waals surface area contributed by atoms with E-state index in [2.05, 4.69) is 21.2 Å². The number of benzene rings is 3. The fraction of sp³-hybridized carbons (Fsp3) is 0.259. The molecule has 0 saturated heterocycles. The summed E-state index contributed by atoms with van der Waals surface area (Å²) in [5.41, 5.74) is 1.14. The van der Waals surface area contributed by atoms with Crippen LogP contribution in [0.1, 0.15) is 22.0 Å².